The molecule has 0 spiro atoms. The quantitative estimate of drug-likeness (QED) is 0.749. The molecule has 1 aromatic heterocycles. The van der Waals surface area contributed by atoms with Crippen molar-refractivity contribution in [2.45, 2.75) is 50.6 Å². The molecule has 31 heavy (non-hydrogen) atoms. The van der Waals surface area contributed by atoms with Crippen LogP contribution in [-0.4, -0.2) is 47.8 Å². The van der Waals surface area contributed by atoms with E-state index in [0.29, 0.717) is 18.7 Å². The lowest BCUT2D eigenvalue weighted by Crippen LogP contribution is -2.55. The minimum Gasteiger partial charge on any atom is -0.351 e. The van der Waals surface area contributed by atoms with Gasteiger partial charge in [0.05, 0.1) is 10.8 Å². The largest absolute Gasteiger partial charge is 0.351 e. The number of hydrogen-bond donors (Lipinski definition) is 2. The second-order valence-electron chi connectivity index (χ2n) is 8.41. The van der Waals surface area contributed by atoms with Gasteiger partial charge in [0.2, 0.25) is 5.91 Å². The van der Waals surface area contributed by atoms with Gasteiger partial charge in [-0.25, -0.2) is 0 Å². The summed E-state index contributed by atoms with van der Waals surface area (Å²) < 4.78 is 0. The summed E-state index contributed by atoms with van der Waals surface area (Å²) >= 11 is 1.43. The van der Waals surface area contributed by atoms with Crippen LogP contribution in [0.25, 0.3) is 0 Å². The number of carbonyl (C=O) groups excluding carboxylic acids is 3. The predicted molar refractivity (Wildman–Crippen MR) is 121 cm³/mol. The molecule has 1 aliphatic carbocycles. The Morgan fingerprint density at radius 1 is 0.871 bits per heavy atom. The topological polar surface area (TPSA) is 78.5 Å². The van der Waals surface area contributed by atoms with Crippen LogP contribution in [-0.2, 0) is 4.79 Å². The number of hydrogen-bond acceptors (Lipinski definition) is 4. The van der Waals surface area contributed by atoms with Gasteiger partial charge in [0.15, 0.2) is 0 Å². The highest BCUT2D eigenvalue weighted by Crippen LogP contribution is 2.23. The molecule has 1 saturated carbocycles. The molecule has 2 heterocycles. The van der Waals surface area contributed by atoms with Crippen molar-refractivity contribution in [1.29, 1.82) is 0 Å². The molecule has 6 nitrogen and oxygen atoms in total. The van der Waals surface area contributed by atoms with Crippen LogP contribution in [0.3, 0.4) is 0 Å². The maximum Gasteiger partial charge on any atom is 0.263 e. The van der Waals surface area contributed by atoms with Gasteiger partial charge in [-0.1, -0.05) is 37.1 Å². The van der Waals surface area contributed by atoms with Gasteiger partial charge in [-0.05, 0) is 49.3 Å². The van der Waals surface area contributed by atoms with Gasteiger partial charge in [-0.3, -0.25) is 14.4 Å². The van der Waals surface area contributed by atoms with Crippen molar-refractivity contribution in [2.75, 3.05) is 13.1 Å². The summed E-state index contributed by atoms with van der Waals surface area (Å²) in [6.45, 7) is 1.15. The second-order valence-corrected chi connectivity index (χ2v) is 9.36. The number of piperidine rings is 1. The van der Waals surface area contributed by atoms with E-state index in [0.717, 1.165) is 43.4 Å². The molecule has 7 heteroatoms. The van der Waals surface area contributed by atoms with Crippen LogP contribution in [0.1, 0.15) is 58.6 Å². The third-order valence-corrected chi connectivity index (χ3v) is 7.12. The molecule has 3 atom stereocenters. The Balaban J connectivity index is 1.35. The first-order chi connectivity index (χ1) is 15.1. The lowest BCUT2D eigenvalue weighted by molar-refractivity contribution is -0.127. The fraction of sp³-hybridized carbons (Fsp3) is 0.458. The zero-order valence-corrected chi connectivity index (χ0v) is 18.4. The lowest BCUT2D eigenvalue weighted by Gasteiger charge is -2.36. The van der Waals surface area contributed by atoms with Crippen molar-refractivity contribution >= 4 is 29.1 Å². The average molecular weight is 440 g/mol. The molecule has 164 valence electrons. The van der Waals surface area contributed by atoms with Gasteiger partial charge in [-0.15, -0.1) is 11.3 Å². The van der Waals surface area contributed by atoms with Gasteiger partial charge in [0, 0.05) is 30.7 Å². The first-order valence-electron chi connectivity index (χ1n) is 11.1. The molecule has 4 rings (SSSR count). The third-order valence-electron chi connectivity index (χ3n) is 6.26. The summed E-state index contributed by atoms with van der Waals surface area (Å²) in [5.41, 5.74) is 0.633. The molecule has 2 fully saturated rings. The second kappa shape index (κ2) is 10.1. The van der Waals surface area contributed by atoms with Gasteiger partial charge in [0.25, 0.3) is 11.8 Å². The van der Waals surface area contributed by atoms with Crippen LogP contribution >= 0.6 is 11.3 Å². The number of amides is 3. The summed E-state index contributed by atoms with van der Waals surface area (Å²) in [6, 6.07) is 12.7. The van der Waals surface area contributed by atoms with Crippen molar-refractivity contribution in [1.82, 2.24) is 15.5 Å². The van der Waals surface area contributed by atoms with E-state index in [4.69, 9.17) is 0 Å². The molecule has 2 N–H and O–H groups in total. The minimum absolute atomic E-state index is 0.00506. The number of nitrogens with one attached hydrogen (secondary N) is 2. The van der Waals surface area contributed by atoms with E-state index < -0.39 is 0 Å². The average Bonchev–Trinajstić information content (AvgIpc) is 3.35. The summed E-state index contributed by atoms with van der Waals surface area (Å²) in [5.74, 6) is -0.296. The maximum atomic E-state index is 13.1. The minimum atomic E-state index is -0.204. The molecule has 1 unspecified atom stereocenters. The monoisotopic (exact) mass is 439 g/mol. The number of likely N-dealkylation sites (tertiary alicyclic amines) is 1. The van der Waals surface area contributed by atoms with E-state index in [2.05, 4.69) is 10.6 Å². The number of carbonyl (C=O) groups is 3. The molecular weight excluding hydrogens is 410 g/mol. The molecule has 1 aliphatic heterocycles. The standard InChI is InChI=1S/C24H29N3O3S/c28-22(17-8-2-1-3-9-17)25-19-11-4-5-12-20(19)26-23(29)18-10-6-14-27(16-18)24(30)21-13-7-15-31-21/h1-3,7-9,13,15,18-20H,4-6,10-12,14,16H2,(H,25,28)(H,26,29)/t18?,19-,20-/m1/s1. The molecular formula is C24H29N3O3S. The van der Waals surface area contributed by atoms with E-state index in [1.807, 2.05) is 35.7 Å². The van der Waals surface area contributed by atoms with E-state index in [1.165, 1.54) is 11.3 Å². The number of rotatable bonds is 5. The zero-order chi connectivity index (χ0) is 21.6. The molecule has 0 radical (unpaired) electrons. The van der Waals surface area contributed by atoms with Gasteiger partial charge in [0.1, 0.15) is 0 Å². The summed E-state index contributed by atoms with van der Waals surface area (Å²) in [4.78, 5) is 40.9. The first kappa shape index (κ1) is 21.6. The zero-order valence-electron chi connectivity index (χ0n) is 17.6. The number of nitrogens with zero attached hydrogens (tertiary/aromatic N) is 1. The first-order valence-corrected chi connectivity index (χ1v) is 12.0. The summed E-state index contributed by atoms with van der Waals surface area (Å²) in [7, 11) is 0. The van der Waals surface area contributed by atoms with Gasteiger partial charge >= 0.3 is 0 Å². The van der Waals surface area contributed by atoms with E-state index >= 15 is 0 Å². The third kappa shape index (κ3) is 5.34. The number of thiophene rings is 1. The van der Waals surface area contributed by atoms with Crippen LogP contribution in [0.4, 0.5) is 0 Å². The Hall–Kier alpha value is -2.67. The molecule has 1 aromatic carbocycles. The van der Waals surface area contributed by atoms with Crippen LogP contribution < -0.4 is 10.6 Å². The highest BCUT2D eigenvalue weighted by atomic mass is 32.1. The highest BCUT2D eigenvalue weighted by molar-refractivity contribution is 7.12. The SMILES string of the molecule is O=C(N[C@@H]1CCCC[C@H]1NC(=O)C1CCCN(C(=O)c2cccs2)C1)c1ccccc1. The molecule has 1 saturated heterocycles. The van der Waals surface area contributed by atoms with Crippen molar-refractivity contribution in [2.24, 2.45) is 5.92 Å². The Bertz CT molecular complexity index is 900. The van der Waals surface area contributed by atoms with E-state index in [-0.39, 0.29) is 35.7 Å². The van der Waals surface area contributed by atoms with Gasteiger partial charge in [-0.2, -0.15) is 0 Å². The fourth-order valence-electron chi connectivity index (χ4n) is 4.55. The predicted octanol–water partition coefficient (Wildman–Crippen LogP) is 3.46. The van der Waals surface area contributed by atoms with Crippen molar-refractivity contribution in [3.63, 3.8) is 0 Å². The van der Waals surface area contributed by atoms with Crippen molar-refractivity contribution in [3.8, 4) is 0 Å². The Morgan fingerprint density at radius 3 is 2.32 bits per heavy atom. The molecule has 2 aromatic rings. The van der Waals surface area contributed by atoms with Crippen LogP contribution in [0.15, 0.2) is 47.8 Å². The Kier molecular flexibility index (Phi) is 7.02. The molecule has 2 aliphatic rings. The lowest BCUT2D eigenvalue weighted by atomic mass is 9.88. The maximum absolute atomic E-state index is 13.1. The number of benzene rings is 1. The smallest absolute Gasteiger partial charge is 0.263 e. The highest BCUT2D eigenvalue weighted by Gasteiger charge is 2.33. The Morgan fingerprint density at radius 2 is 1.61 bits per heavy atom. The van der Waals surface area contributed by atoms with Crippen LogP contribution in [0.2, 0.25) is 0 Å². The normalized spacial score (nSPS) is 23.7. The van der Waals surface area contributed by atoms with Crippen LogP contribution in [0, 0.1) is 5.92 Å². The summed E-state index contributed by atoms with van der Waals surface area (Å²) in [5, 5.41) is 8.22. The van der Waals surface area contributed by atoms with E-state index in [9.17, 15) is 14.4 Å². The van der Waals surface area contributed by atoms with Gasteiger partial charge < -0.3 is 15.5 Å². The summed E-state index contributed by atoms with van der Waals surface area (Å²) in [6.07, 6.45) is 5.41. The van der Waals surface area contributed by atoms with E-state index in [1.54, 1.807) is 17.0 Å². The van der Waals surface area contributed by atoms with Crippen LogP contribution in [0.5, 0.6) is 0 Å². The molecule has 0 bridgehead atoms. The van der Waals surface area contributed by atoms with Crippen molar-refractivity contribution in [3.05, 3.63) is 58.3 Å². The molecule has 3 amide bonds. The fourth-order valence-corrected chi connectivity index (χ4v) is 5.24. The Labute approximate surface area is 187 Å². The van der Waals surface area contributed by atoms with Crippen molar-refractivity contribution < 1.29 is 14.4 Å².